The van der Waals surface area contributed by atoms with Gasteiger partial charge in [0.1, 0.15) is 0 Å². The van der Waals surface area contributed by atoms with Gasteiger partial charge in [0.25, 0.3) is 0 Å². The van der Waals surface area contributed by atoms with Crippen LogP contribution in [-0.4, -0.2) is 23.7 Å². The summed E-state index contributed by atoms with van der Waals surface area (Å²) < 4.78 is 4.97. The van der Waals surface area contributed by atoms with Crippen molar-refractivity contribution in [2.45, 2.75) is 135 Å². The minimum atomic E-state index is -0.981. The molecule has 1 N–H and O–H groups in total. The van der Waals surface area contributed by atoms with E-state index in [1.807, 2.05) is 0 Å². The number of carbonyl (C=O) groups is 2. The van der Waals surface area contributed by atoms with Crippen LogP contribution in [0.1, 0.15) is 135 Å². The summed E-state index contributed by atoms with van der Waals surface area (Å²) >= 11 is 0. The highest BCUT2D eigenvalue weighted by molar-refractivity contribution is 5.81. The molecule has 0 radical (unpaired) electrons. The molecular formula is C28H52O4. The maximum absolute atomic E-state index is 10.9. The lowest BCUT2D eigenvalue weighted by Crippen LogP contribution is -2.01. The van der Waals surface area contributed by atoms with Gasteiger partial charge in [-0.25, -0.2) is 9.59 Å². The molecule has 188 valence electrons. The number of carbonyl (C=O) groups excluding carboxylic acids is 1. The first-order chi connectivity index (χ1) is 15.6. The van der Waals surface area contributed by atoms with Crippen molar-refractivity contribution >= 4 is 11.9 Å². The zero-order valence-corrected chi connectivity index (χ0v) is 21.1. The van der Waals surface area contributed by atoms with Gasteiger partial charge in [0.05, 0.1) is 6.61 Å². The highest BCUT2D eigenvalue weighted by Crippen LogP contribution is 2.14. The van der Waals surface area contributed by atoms with Gasteiger partial charge in [-0.1, -0.05) is 142 Å². The summed E-state index contributed by atoms with van der Waals surface area (Å²) in [7, 11) is 0. The molecule has 0 aliphatic carbocycles. The molecule has 4 heteroatoms. The number of carboxylic acid groups (broad SMARTS) is 1. The lowest BCUT2D eigenvalue weighted by molar-refractivity contribution is -0.138. The van der Waals surface area contributed by atoms with Crippen LogP contribution in [0.25, 0.3) is 0 Å². The van der Waals surface area contributed by atoms with Crippen molar-refractivity contribution in [2.75, 3.05) is 6.61 Å². The third kappa shape index (κ3) is 33.1. The molecule has 0 fully saturated rings. The van der Waals surface area contributed by atoms with Crippen molar-refractivity contribution in [3.05, 3.63) is 25.3 Å². The molecule has 0 saturated heterocycles. The maximum Gasteiger partial charge on any atom is 0.330 e. The van der Waals surface area contributed by atoms with Gasteiger partial charge >= 0.3 is 11.9 Å². The molecule has 0 aromatic rings. The fourth-order valence-electron chi connectivity index (χ4n) is 3.59. The van der Waals surface area contributed by atoms with Gasteiger partial charge in [-0.3, -0.25) is 0 Å². The van der Waals surface area contributed by atoms with Crippen molar-refractivity contribution in [3.63, 3.8) is 0 Å². The molecular weight excluding hydrogens is 400 g/mol. The molecule has 0 atom stereocenters. The summed E-state index contributed by atoms with van der Waals surface area (Å²) in [5, 5.41) is 7.60. The zero-order chi connectivity index (χ0) is 24.1. The largest absolute Gasteiger partial charge is 0.478 e. The first-order valence-electron chi connectivity index (χ1n) is 13.2. The summed E-state index contributed by atoms with van der Waals surface area (Å²) in [5.74, 6) is -1.28. The molecule has 0 saturated carbocycles. The van der Waals surface area contributed by atoms with Crippen LogP contribution >= 0.6 is 0 Å². The van der Waals surface area contributed by atoms with Gasteiger partial charge in [0.15, 0.2) is 0 Å². The Morgan fingerprint density at radius 2 is 0.875 bits per heavy atom. The van der Waals surface area contributed by atoms with Crippen LogP contribution in [0, 0.1) is 0 Å². The highest BCUT2D eigenvalue weighted by Gasteiger charge is 1.97. The fraction of sp³-hybridized carbons (Fsp3) is 0.786. The summed E-state index contributed by atoms with van der Waals surface area (Å²) in [6.07, 6.45) is 29.7. The van der Waals surface area contributed by atoms with Gasteiger partial charge in [-0.15, -0.1) is 0 Å². The Morgan fingerprint density at radius 3 is 1.12 bits per heavy atom. The van der Waals surface area contributed by atoms with Crippen molar-refractivity contribution in [1.29, 1.82) is 0 Å². The lowest BCUT2D eigenvalue weighted by atomic mass is 10.0. The summed E-state index contributed by atoms with van der Waals surface area (Å²) in [6, 6.07) is 0. The van der Waals surface area contributed by atoms with Crippen molar-refractivity contribution in [2.24, 2.45) is 0 Å². The Bertz CT molecular complexity index is 431. The average molecular weight is 453 g/mol. The van der Waals surface area contributed by atoms with Crippen LogP contribution in [0.3, 0.4) is 0 Å². The highest BCUT2D eigenvalue weighted by atomic mass is 16.5. The smallest absolute Gasteiger partial charge is 0.330 e. The molecule has 0 aromatic carbocycles. The van der Waals surface area contributed by atoms with E-state index in [9.17, 15) is 9.59 Å². The second-order valence-electron chi connectivity index (χ2n) is 8.63. The van der Waals surface area contributed by atoms with E-state index in [2.05, 4.69) is 20.1 Å². The van der Waals surface area contributed by atoms with Gasteiger partial charge in [0, 0.05) is 12.2 Å². The molecule has 0 aliphatic heterocycles. The standard InChI is InChI=1S/C25H48O2.C3H4O2/c1-3-5-6-7-8-9-10-11-12-13-14-15-16-17-18-19-20-21-22-23-24-27-25(26)4-2;1-2-3(4)5/h4H,2-3,5-24H2,1H3;2H,1H2,(H,4,5). The molecule has 32 heavy (non-hydrogen) atoms. The Labute approximate surface area is 198 Å². The van der Waals surface area contributed by atoms with Crippen molar-refractivity contribution in [3.8, 4) is 0 Å². The molecule has 0 bridgehead atoms. The maximum atomic E-state index is 10.9. The summed E-state index contributed by atoms with van der Waals surface area (Å²) in [6.45, 7) is 9.19. The molecule has 0 aliphatic rings. The summed E-state index contributed by atoms with van der Waals surface area (Å²) in [4.78, 5) is 20.1. The van der Waals surface area contributed by atoms with E-state index in [0.29, 0.717) is 6.61 Å². The minimum Gasteiger partial charge on any atom is -0.478 e. The van der Waals surface area contributed by atoms with Gasteiger partial charge in [-0.2, -0.15) is 0 Å². The van der Waals surface area contributed by atoms with Crippen LogP contribution in [0.4, 0.5) is 0 Å². The Balaban J connectivity index is 0. The van der Waals surface area contributed by atoms with E-state index in [-0.39, 0.29) is 5.97 Å². The summed E-state index contributed by atoms with van der Waals surface area (Å²) in [5.41, 5.74) is 0. The fourth-order valence-corrected chi connectivity index (χ4v) is 3.59. The molecule has 0 aromatic heterocycles. The number of carboxylic acids is 1. The third-order valence-electron chi connectivity index (χ3n) is 5.58. The van der Waals surface area contributed by atoms with E-state index in [0.717, 1.165) is 12.5 Å². The number of unbranched alkanes of at least 4 members (excludes halogenated alkanes) is 19. The topological polar surface area (TPSA) is 63.6 Å². The normalized spacial score (nSPS) is 10.2. The first-order valence-corrected chi connectivity index (χ1v) is 13.2. The molecule has 0 amide bonds. The van der Waals surface area contributed by atoms with Crippen molar-refractivity contribution < 1.29 is 19.4 Å². The molecule has 0 spiro atoms. The number of hydrogen-bond donors (Lipinski definition) is 1. The van der Waals surface area contributed by atoms with Gasteiger partial charge in [-0.05, 0) is 6.42 Å². The SMILES string of the molecule is C=CC(=O)O.C=CC(=O)OCCCCCCCCCCCCCCCCCCCCCC. The van der Waals surface area contributed by atoms with E-state index < -0.39 is 5.97 Å². The molecule has 0 rings (SSSR count). The van der Waals surface area contributed by atoms with Crippen LogP contribution in [0.15, 0.2) is 25.3 Å². The molecule has 0 unspecified atom stereocenters. The number of ether oxygens (including phenoxy) is 1. The van der Waals surface area contributed by atoms with Gasteiger partial charge in [0.2, 0.25) is 0 Å². The van der Waals surface area contributed by atoms with E-state index >= 15 is 0 Å². The predicted octanol–water partition coefficient (Wildman–Crippen LogP) is 8.79. The molecule has 4 nitrogen and oxygen atoms in total. The third-order valence-corrected chi connectivity index (χ3v) is 5.58. The molecule has 0 heterocycles. The number of esters is 1. The van der Waals surface area contributed by atoms with Crippen LogP contribution < -0.4 is 0 Å². The Kier molecular flexibility index (Phi) is 30.0. The van der Waals surface area contributed by atoms with Gasteiger partial charge < -0.3 is 9.84 Å². The zero-order valence-electron chi connectivity index (χ0n) is 21.1. The lowest BCUT2D eigenvalue weighted by Gasteiger charge is -2.04. The Morgan fingerprint density at radius 1 is 0.594 bits per heavy atom. The van der Waals surface area contributed by atoms with E-state index in [1.165, 1.54) is 128 Å². The average Bonchev–Trinajstić information content (AvgIpc) is 2.80. The first kappa shape index (κ1) is 32.6. The number of rotatable bonds is 23. The van der Waals surface area contributed by atoms with E-state index in [4.69, 9.17) is 9.84 Å². The monoisotopic (exact) mass is 452 g/mol. The van der Waals surface area contributed by atoms with Crippen LogP contribution in [0.2, 0.25) is 0 Å². The van der Waals surface area contributed by atoms with Crippen LogP contribution in [0.5, 0.6) is 0 Å². The second kappa shape index (κ2) is 29.4. The number of hydrogen-bond acceptors (Lipinski definition) is 3. The quantitative estimate of drug-likeness (QED) is 0.0955. The minimum absolute atomic E-state index is 0.298. The Hall–Kier alpha value is -1.58. The number of aliphatic carboxylic acids is 1. The second-order valence-corrected chi connectivity index (χ2v) is 8.63. The van der Waals surface area contributed by atoms with E-state index in [1.54, 1.807) is 0 Å². The van der Waals surface area contributed by atoms with Crippen molar-refractivity contribution in [1.82, 2.24) is 0 Å². The van der Waals surface area contributed by atoms with Crippen LogP contribution in [-0.2, 0) is 14.3 Å². The predicted molar refractivity (Wildman–Crippen MR) is 137 cm³/mol.